The molecule has 1 N–H and O–H groups in total. The lowest BCUT2D eigenvalue weighted by Crippen LogP contribution is -2.16. The molecule has 0 fully saturated rings. The number of pyridine rings is 1. The van der Waals surface area contributed by atoms with Crippen molar-refractivity contribution < 1.29 is 14.6 Å². The maximum absolute atomic E-state index is 11.0. The summed E-state index contributed by atoms with van der Waals surface area (Å²) in [6, 6.07) is 1.67. The van der Waals surface area contributed by atoms with E-state index in [1.807, 2.05) is 13.8 Å². The molecule has 1 unspecified atom stereocenters. The molecule has 17 heavy (non-hydrogen) atoms. The molecule has 0 aliphatic rings. The van der Waals surface area contributed by atoms with E-state index in [0.717, 1.165) is 12.1 Å². The van der Waals surface area contributed by atoms with Crippen LogP contribution in [0, 0.1) is 12.8 Å². The summed E-state index contributed by atoms with van der Waals surface area (Å²) >= 11 is 0. The largest absolute Gasteiger partial charge is 0.490 e. The number of rotatable bonds is 5. The van der Waals surface area contributed by atoms with E-state index in [-0.39, 0.29) is 11.7 Å². The first-order chi connectivity index (χ1) is 7.90. The molecule has 1 heterocycles. The summed E-state index contributed by atoms with van der Waals surface area (Å²) in [6.07, 6.45) is 2.23. The van der Waals surface area contributed by atoms with Crippen molar-refractivity contribution in [3.8, 4) is 5.75 Å². The number of hydrogen-bond acceptors (Lipinski definition) is 3. The van der Waals surface area contributed by atoms with E-state index >= 15 is 0 Å². The number of ether oxygens (including phenoxy) is 1. The molecule has 0 aromatic carbocycles. The van der Waals surface area contributed by atoms with Crippen molar-refractivity contribution in [2.24, 2.45) is 5.92 Å². The summed E-state index contributed by atoms with van der Waals surface area (Å²) in [5, 5.41) is 9.03. The molecule has 1 atom stereocenters. The van der Waals surface area contributed by atoms with Crippen molar-refractivity contribution in [1.82, 2.24) is 4.98 Å². The van der Waals surface area contributed by atoms with Gasteiger partial charge in [0.05, 0.1) is 6.10 Å². The number of aromatic nitrogens is 1. The standard InChI is InChI=1S/C13H19NO3/c1-8(2)5-10(4)17-12-6-9(3)14-7-11(12)13(15)16/h6-8,10H,5H2,1-4H3,(H,15,16). The number of aryl methyl sites for hydroxylation is 1. The highest BCUT2D eigenvalue weighted by molar-refractivity contribution is 5.90. The second-order valence-corrected chi connectivity index (χ2v) is 4.69. The Morgan fingerprint density at radius 1 is 1.47 bits per heavy atom. The lowest BCUT2D eigenvalue weighted by Gasteiger charge is -2.18. The van der Waals surface area contributed by atoms with E-state index in [9.17, 15) is 4.79 Å². The van der Waals surface area contributed by atoms with E-state index in [2.05, 4.69) is 18.8 Å². The monoisotopic (exact) mass is 237 g/mol. The SMILES string of the molecule is Cc1cc(OC(C)CC(C)C)c(C(=O)O)cn1. The zero-order chi connectivity index (χ0) is 13.0. The number of carbonyl (C=O) groups is 1. The van der Waals surface area contributed by atoms with Gasteiger partial charge in [-0.1, -0.05) is 13.8 Å². The summed E-state index contributed by atoms with van der Waals surface area (Å²) in [7, 11) is 0. The fraction of sp³-hybridized carbons (Fsp3) is 0.538. The lowest BCUT2D eigenvalue weighted by atomic mass is 10.1. The maximum Gasteiger partial charge on any atom is 0.341 e. The van der Waals surface area contributed by atoms with Crippen molar-refractivity contribution in [3.05, 3.63) is 23.5 Å². The summed E-state index contributed by atoms with van der Waals surface area (Å²) in [5.41, 5.74) is 0.868. The van der Waals surface area contributed by atoms with E-state index in [4.69, 9.17) is 9.84 Å². The van der Waals surface area contributed by atoms with Crippen LogP contribution >= 0.6 is 0 Å². The third-order valence-corrected chi connectivity index (χ3v) is 2.36. The predicted molar refractivity (Wildman–Crippen MR) is 65.5 cm³/mol. The molecule has 0 saturated heterocycles. The van der Waals surface area contributed by atoms with Crippen molar-refractivity contribution in [1.29, 1.82) is 0 Å². The van der Waals surface area contributed by atoms with E-state index in [1.54, 1.807) is 6.07 Å². The van der Waals surface area contributed by atoms with Crippen LogP contribution in [0.3, 0.4) is 0 Å². The van der Waals surface area contributed by atoms with Crippen LogP contribution in [0.25, 0.3) is 0 Å². The number of carboxylic acids is 1. The summed E-state index contributed by atoms with van der Waals surface area (Å²) in [5.74, 6) is -0.0939. The molecule has 1 aromatic heterocycles. The summed E-state index contributed by atoms with van der Waals surface area (Å²) in [4.78, 5) is 15.0. The number of aromatic carboxylic acids is 1. The van der Waals surface area contributed by atoms with Gasteiger partial charge in [0.1, 0.15) is 11.3 Å². The van der Waals surface area contributed by atoms with Crippen LogP contribution in [0.1, 0.15) is 43.2 Å². The van der Waals surface area contributed by atoms with Gasteiger partial charge in [0.2, 0.25) is 0 Å². The second-order valence-electron chi connectivity index (χ2n) is 4.69. The zero-order valence-corrected chi connectivity index (χ0v) is 10.7. The number of nitrogens with zero attached hydrogens (tertiary/aromatic N) is 1. The molecule has 4 nitrogen and oxygen atoms in total. The summed E-state index contributed by atoms with van der Waals surface area (Å²) in [6.45, 7) is 7.97. The van der Waals surface area contributed by atoms with Gasteiger partial charge >= 0.3 is 5.97 Å². The third kappa shape index (κ3) is 4.06. The highest BCUT2D eigenvalue weighted by Gasteiger charge is 2.15. The van der Waals surface area contributed by atoms with Gasteiger partial charge in [0, 0.05) is 18.0 Å². The highest BCUT2D eigenvalue weighted by atomic mass is 16.5. The Kier molecular flexibility index (Phi) is 4.49. The maximum atomic E-state index is 11.0. The smallest absolute Gasteiger partial charge is 0.341 e. The van der Waals surface area contributed by atoms with Gasteiger partial charge in [-0.25, -0.2) is 4.79 Å². The topological polar surface area (TPSA) is 59.4 Å². The average molecular weight is 237 g/mol. The lowest BCUT2D eigenvalue weighted by molar-refractivity contribution is 0.0688. The minimum atomic E-state index is -1.01. The molecule has 4 heteroatoms. The van der Waals surface area contributed by atoms with Gasteiger partial charge in [-0.2, -0.15) is 0 Å². The molecule has 0 aliphatic heterocycles. The van der Waals surface area contributed by atoms with Crippen LogP contribution < -0.4 is 4.74 Å². The van der Waals surface area contributed by atoms with Crippen LogP contribution in [-0.2, 0) is 0 Å². The molecule has 0 spiro atoms. The fourth-order valence-corrected chi connectivity index (χ4v) is 1.72. The molecule has 0 amide bonds. The molecule has 0 radical (unpaired) electrons. The van der Waals surface area contributed by atoms with Gasteiger partial charge in [0.15, 0.2) is 0 Å². The first kappa shape index (κ1) is 13.5. The predicted octanol–water partition coefficient (Wildman–Crippen LogP) is 2.90. The second kappa shape index (κ2) is 5.66. The first-order valence-electron chi connectivity index (χ1n) is 5.76. The van der Waals surface area contributed by atoms with Gasteiger partial charge in [-0.15, -0.1) is 0 Å². The van der Waals surface area contributed by atoms with Gasteiger partial charge in [-0.05, 0) is 26.2 Å². The summed E-state index contributed by atoms with van der Waals surface area (Å²) < 4.78 is 5.68. The molecule has 94 valence electrons. The van der Waals surface area contributed by atoms with Crippen LogP contribution in [0.5, 0.6) is 5.75 Å². The Hall–Kier alpha value is -1.58. The van der Waals surface area contributed by atoms with Gasteiger partial charge in [-0.3, -0.25) is 4.98 Å². The normalized spacial score (nSPS) is 12.5. The van der Waals surface area contributed by atoms with Crippen molar-refractivity contribution in [3.63, 3.8) is 0 Å². The Morgan fingerprint density at radius 3 is 2.65 bits per heavy atom. The molecule has 0 saturated carbocycles. The molecular formula is C13H19NO3. The minimum Gasteiger partial charge on any atom is -0.490 e. The van der Waals surface area contributed by atoms with Crippen LogP contribution in [0.15, 0.2) is 12.3 Å². The van der Waals surface area contributed by atoms with Crippen molar-refractivity contribution in [2.45, 2.75) is 40.2 Å². The van der Waals surface area contributed by atoms with Crippen molar-refractivity contribution >= 4 is 5.97 Å². The first-order valence-corrected chi connectivity index (χ1v) is 5.76. The Morgan fingerprint density at radius 2 is 2.12 bits per heavy atom. The Balaban J connectivity index is 2.88. The molecule has 1 rings (SSSR count). The van der Waals surface area contributed by atoms with Crippen LogP contribution in [0.4, 0.5) is 0 Å². The third-order valence-electron chi connectivity index (χ3n) is 2.36. The highest BCUT2D eigenvalue weighted by Crippen LogP contribution is 2.21. The van der Waals surface area contributed by atoms with E-state index in [1.165, 1.54) is 6.20 Å². The number of hydrogen-bond donors (Lipinski definition) is 1. The fourth-order valence-electron chi connectivity index (χ4n) is 1.72. The van der Waals surface area contributed by atoms with Crippen LogP contribution in [0.2, 0.25) is 0 Å². The molecular weight excluding hydrogens is 218 g/mol. The molecule has 0 aliphatic carbocycles. The van der Waals surface area contributed by atoms with Gasteiger partial charge < -0.3 is 9.84 Å². The van der Waals surface area contributed by atoms with E-state index < -0.39 is 5.97 Å². The van der Waals surface area contributed by atoms with Crippen LogP contribution in [-0.4, -0.2) is 22.2 Å². The molecule has 0 bridgehead atoms. The average Bonchev–Trinajstić information content (AvgIpc) is 2.15. The Labute approximate surface area is 102 Å². The van der Waals surface area contributed by atoms with E-state index in [0.29, 0.717) is 11.7 Å². The quantitative estimate of drug-likeness (QED) is 0.855. The molecule has 1 aromatic rings. The minimum absolute atomic E-state index is 0.00472. The zero-order valence-electron chi connectivity index (χ0n) is 10.7. The van der Waals surface area contributed by atoms with Gasteiger partial charge in [0.25, 0.3) is 0 Å². The number of carboxylic acid groups (broad SMARTS) is 1. The Bertz CT molecular complexity index is 402. The van der Waals surface area contributed by atoms with Crippen molar-refractivity contribution in [2.75, 3.05) is 0 Å².